The van der Waals surface area contributed by atoms with E-state index in [9.17, 15) is 13.2 Å². The van der Waals surface area contributed by atoms with Crippen LogP contribution in [0.2, 0.25) is 5.02 Å². The van der Waals surface area contributed by atoms with Crippen LogP contribution in [-0.2, 0) is 16.6 Å². The Kier molecular flexibility index (Phi) is 8.26. The standard InChI is InChI=1S/C27H30ClN3O5S/c1-29(37(33,34)23-11-9-22(28)10-12-23)19-21-18-20(8-13-25(21)35-2)27(32)31-16-14-30(15-17-31)24-6-4-5-7-26(24)36-3/h4-13,18H,14-17,19H2,1-3H3. The molecule has 3 aromatic rings. The lowest BCUT2D eigenvalue weighted by molar-refractivity contribution is 0.0746. The van der Waals surface area contributed by atoms with Gasteiger partial charge in [-0.05, 0) is 54.6 Å². The van der Waals surface area contributed by atoms with E-state index in [2.05, 4.69) is 4.90 Å². The number of amides is 1. The zero-order valence-corrected chi connectivity index (χ0v) is 22.6. The van der Waals surface area contributed by atoms with Gasteiger partial charge in [-0.3, -0.25) is 4.79 Å². The smallest absolute Gasteiger partial charge is 0.253 e. The molecule has 0 radical (unpaired) electrons. The van der Waals surface area contributed by atoms with E-state index in [1.165, 1.54) is 42.7 Å². The zero-order valence-electron chi connectivity index (χ0n) is 21.1. The second kappa shape index (κ2) is 11.4. The number of nitrogens with zero attached hydrogens (tertiary/aromatic N) is 3. The second-order valence-corrected chi connectivity index (χ2v) is 11.2. The van der Waals surface area contributed by atoms with Gasteiger partial charge >= 0.3 is 0 Å². The predicted molar refractivity (Wildman–Crippen MR) is 144 cm³/mol. The molecule has 1 aliphatic heterocycles. The first kappa shape index (κ1) is 26.8. The number of carbonyl (C=O) groups is 1. The highest BCUT2D eigenvalue weighted by atomic mass is 35.5. The molecule has 37 heavy (non-hydrogen) atoms. The fourth-order valence-corrected chi connectivity index (χ4v) is 5.65. The maximum Gasteiger partial charge on any atom is 0.253 e. The lowest BCUT2D eigenvalue weighted by Crippen LogP contribution is -2.48. The molecule has 196 valence electrons. The Labute approximate surface area is 223 Å². The SMILES string of the molecule is COc1ccc(C(=O)N2CCN(c3ccccc3OC)CC2)cc1CN(C)S(=O)(=O)c1ccc(Cl)cc1. The number of ether oxygens (including phenoxy) is 2. The molecule has 0 aromatic heterocycles. The Morgan fingerprint density at radius 1 is 0.919 bits per heavy atom. The highest BCUT2D eigenvalue weighted by Crippen LogP contribution is 2.29. The number of halogens is 1. The van der Waals surface area contributed by atoms with Gasteiger partial charge in [-0.25, -0.2) is 8.42 Å². The quantitative estimate of drug-likeness (QED) is 0.425. The molecule has 1 heterocycles. The van der Waals surface area contributed by atoms with Crippen molar-refractivity contribution in [3.8, 4) is 11.5 Å². The van der Waals surface area contributed by atoms with Crippen LogP contribution in [-0.4, -0.2) is 71.0 Å². The van der Waals surface area contributed by atoms with Crippen LogP contribution >= 0.6 is 11.6 Å². The monoisotopic (exact) mass is 543 g/mol. The first-order chi connectivity index (χ1) is 17.7. The Morgan fingerprint density at radius 3 is 2.22 bits per heavy atom. The summed E-state index contributed by atoms with van der Waals surface area (Å²) in [6.45, 7) is 2.51. The predicted octanol–water partition coefficient (Wildman–Crippen LogP) is 4.14. The van der Waals surface area contributed by atoms with Crippen molar-refractivity contribution in [2.75, 3.05) is 52.3 Å². The van der Waals surface area contributed by atoms with E-state index < -0.39 is 10.0 Å². The van der Waals surface area contributed by atoms with E-state index in [1.807, 2.05) is 29.2 Å². The van der Waals surface area contributed by atoms with E-state index in [1.54, 1.807) is 25.3 Å². The van der Waals surface area contributed by atoms with Gasteiger partial charge in [0, 0.05) is 55.9 Å². The summed E-state index contributed by atoms with van der Waals surface area (Å²) in [5, 5.41) is 0.457. The number of para-hydroxylation sites is 2. The van der Waals surface area contributed by atoms with Crippen LogP contribution < -0.4 is 14.4 Å². The summed E-state index contributed by atoms with van der Waals surface area (Å²) in [7, 11) is 0.902. The van der Waals surface area contributed by atoms with Crippen molar-refractivity contribution < 1.29 is 22.7 Å². The number of methoxy groups -OCH3 is 2. The molecule has 0 bridgehead atoms. The highest BCUT2D eigenvalue weighted by molar-refractivity contribution is 7.89. The van der Waals surface area contributed by atoms with E-state index in [0.717, 1.165) is 11.4 Å². The molecule has 1 saturated heterocycles. The van der Waals surface area contributed by atoms with Gasteiger partial charge in [-0.15, -0.1) is 0 Å². The van der Waals surface area contributed by atoms with Crippen LogP contribution in [0.25, 0.3) is 0 Å². The van der Waals surface area contributed by atoms with Crippen molar-refractivity contribution in [1.82, 2.24) is 9.21 Å². The van der Waals surface area contributed by atoms with Crippen molar-refractivity contribution in [1.29, 1.82) is 0 Å². The maximum atomic E-state index is 13.4. The molecule has 10 heteroatoms. The van der Waals surface area contributed by atoms with Gasteiger partial charge in [0.2, 0.25) is 10.0 Å². The maximum absolute atomic E-state index is 13.4. The van der Waals surface area contributed by atoms with Gasteiger partial charge in [0.15, 0.2) is 0 Å². The molecule has 0 unspecified atom stereocenters. The van der Waals surface area contributed by atoms with E-state index in [0.29, 0.717) is 48.1 Å². The number of carbonyl (C=O) groups excluding carboxylic acids is 1. The van der Waals surface area contributed by atoms with Gasteiger partial charge in [-0.1, -0.05) is 23.7 Å². The number of anilines is 1. The lowest BCUT2D eigenvalue weighted by Gasteiger charge is -2.36. The largest absolute Gasteiger partial charge is 0.496 e. The summed E-state index contributed by atoms with van der Waals surface area (Å²) < 4.78 is 38.3. The minimum absolute atomic E-state index is 0.0385. The molecule has 1 amide bonds. The Morgan fingerprint density at radius 2 is 1.57 bits per heavy atom. The van der Waals surface area contributed by atoms with Gasteiger partial charge in [0.25, 0.3) is 5.91 Å². The third-order valence-electron chi connectivity index (χ3n) is 6.43. The Hall–Kier alpha value is -3.27. The second-order valence-electron chi connectivity index (χ2n) is 8.69. The zero-order chi connectivity index (χ0) is 26.6. The summed E-state index contributed by atoms with van der Waals surface area (Å²) >= 11 is 5.91. The molecule has 8 nitrogen and oxygen atoms in total. The van der Waals surface area contributed by atoms with E-state index >= 15 is 0 Å². The Bertz CT molecular complexity index is 1360. The molecule has 3 aromatic carbocycles. The number of sulfonamides is 1. The van der Waals surface area contributed by atoms with Crippen molar-refractivity contribution in [3.05, 3.63) is 82.9 Å². The molecule has 0 spiro atoms. The summed E-state index contributed by atoms with van der Waals surface area (Å²) in [6, 6.07) is 19.0. The van der Waals surface area contributed by atoms with Crippen LogP contribution in [0.4, 0.5) is 5.69 Å². The summed E-state index contributed by atoms with van der Waals surface area (Å²) in [5.41, 5.74) is 2.09. The fraction of sp³-hybridized carbons (Fsp3) is 0.296. The van der Waals surface area contributed by atoms with Crippen LogP contribution in [0, 0.1) is 0 Å². The number of benzene rings is 3. The average molecular weight is 544 g/mol. The average Bonchev–Trinajstić information content (AvgIpc) is 2.93. The molecule has 0 atom stereocenters. The Balaban J connectivity index is 1.48. The molecule has 0 N–H and O–H groups in total. The number of rotatable bonds is 8. The minimum Gasteiger partial charge on any atom is -0.496 e. The molecule has 0 aliphatic carbocycles. The summed E-state index contributed by atoms with van der Waals surface area (Å²) in [6.07, 6.45) is 0. The van der Waals surface area contributed by atoms with Crippen LogP contribution in [0.15, 0.2) is 71.6 Å². The van der Waals surface area contributed by atoms with Gasteiger partial charge in [0.05, 0.1) is 24.8 Å². The number of piperazine rings is 1. The first-order valence-corrected chi connectivity index (χ1v) is 13.6. The van der Waals surface area contributed by atoms with Crippen molar-refractivity contribution in [2.24, 2.45) is 0 Å². The molecule has 1 aliphatic rings. The third-order valence-corrected chi connectivity index (χ3v) is 8.50. The van der Waals surface area contributed by atoms with E-state index in [4.69, 9.17) is 21.1 Å². The molecular formula is C27H30ClN3O5S. The van der Waals surface area contributed by atoms with Crippen molar-refractivity contribution >= 4 is 33.2 Å². The fourth-order valence-electron chi connectivity index (χ4n) is 4.37. The van der Waals surface area contributed by atoms with Gasteiger partial charge in [-0.2, -0.15) is 4.31 Å². The van der Waals surface area contributed by atoms with Crippen LogP contribution in [0.3, 0.4) is 0 Å². The topological polar surface area (TPSA) is 79.4 Å². The van der Waals surface area contributed by atoms with Gasteiger partial charge in [0.1, 0.15) is 11.5 Å². The molecule has 0 saturated carbocycles. The summed E-state index contributed by atoms with van der Waals surface area (Å²) in [4.78, 5) is 17.5. The molecular weight excluding hydrogens is 514 g/mol. The van der Waals surface area contributed by atoms with Crippen LogP contribution in [0.5, 0.6) is 11.5 Å². The normalized spacial score (nSPS) is 14.1. The number of hydrogen-bond acceptors (Lipinski definition) is 6. The lowest BCUT2D eigenvalue weighted by atomic mass is 10.1. The van der Waals surface area contributed by atoms with E-state index in [-0.39, 0.29) is 17.3 Å². The summed E-state index contributed by atoms with van der Waals surface area (Å²) in [5.74, 6) is 1.21. The highest BCUT2D eigenvalue weighted by Gasteiger charge is 2.26. The van der Waals surface area contributed by atoms with Crippen molar-refractivity contribution in [2.45, 2.75) is 11.4 Å². The molecule has 1 fully saturated rings. The van der Waals surface area contributed by atoms with Crippen molar-refractivity contribution in [3.63, 3.8) is 0 Å². The van der Waals surface area contributed by atoms with Gasteiger partial charge < -0.3 is 19.3 Å². The third kappa shape index (κ3) is 5.84. The number of hydrogen-bond donors (Lipinski definition) is 0. The van der Waals surface area contributed by atoms with Crippen LogP contribution in [0.1, 0.15) is 15.9 Å². The minimum atomic E-state index is -3.76. The molecule has 4 rings (SSSR count). The first-order valence-electron chi connectivity index (χ1n) is 11.8.